The van der Waals surface area contributed by atoms with E-state index in [1.165, 1.54) is 4.90 Å². The molecule has 2 rings (SSSR count). The molecule has 1 aromatic heterocycles. The molecule has 118 valence electrons. The first-order chi connectivity index (χ1) is 9.87. The summed E-state index contributed by atoms with van der Waals surface area (Å²) in [5.41, 5.74) is 7.08. The largest absolute Gasteiger partial charge is 0.401 e. The number of pyridine rings is 1. The molecule has 0 saturated carbocycles. The number of piperazine rings is 1. The number of aromatic nitrogens is 1. The van der Waals surface area contributed by atoms with Crippen LogP contribution in [0.15, 0.2) is 24.5 Å². The van der Waals surface area contributed by atoms with Gasteiger partial charge in [-0.2, -0.15) is 13.2 Å². The molecule has 1 saturated heterocycles. The lowest BCUT2D eigenvalue weighted by Crippen LogP contribution is -2.52. The molecule has 2 unspecified atom stereocenters. The van der Waals surface area contributed by atoms with Crippen molar-refractivity contribution >= 4 is 0 Å². The number of nitrogens with two attached hydrogens (primary N) is 1. The quantitative estimate of drug-likeness (QED) is 0.918. The van der Waals surface area contributed by atoms with Gasteiger partial charge in [-0.1, -0.05) is 6.07 Å². The molecule has 0 aliphatic carbocycles. The molecule has 4 nitrogen and oxygen atoms in total. The summed E-state index contributed by atoms with van der Waals surface area (Å²) in [6.07, 6.45) is -0.661. The molecule has 1 fully saturated rings. The topological polar surface area (TPSA) is 45.4 Å². The van der Waals surface area contributed by atoms with Crippen molar-refractivity contribution in [1.29, 1.82) is 0 Å². The fraction of sp³-hybridized carbons (Fsp3) is 0.643. The van der Waals surface area contributed by atoms with Crippen LogP contribution in [0.2, 0.25) is 0 Å². The molecule has 1 aliphatic rings. The van der Waals surface area contributed by atoms with Gasteiger partial charge in [0.15, 0.2) is 0 Å². The Hall–Kier alpha value is -1.18. The molecule has 2 heterocycles. The van der Waals surface area contributed by atoms with Gasteiger partial charge < -0.3 is 5.73 Å². The molecule has 2 atom stereocenters. The summed E-state index contributed by atoms with van der Waals surface area (Å²) in [7, 11) is 0. The lowest BCUT2D eigenvalue weighted by atomic mass is 10.00. The van der Waals surface area contributed by atoms with Crippen LogP contribution in [0.4, 0.5) is 13.2 Å². The molecule has 0 aromatic carbocycles. The highest BCUT2D eigenvalue weighted by Crippen LogP contribution is 2.25. The van der Waals surface area contributed by atoms with Gasteiger partial charge in [0.2, 0.25) is 0 Å². The van der Waals surface area contributed by atoms with Crippen molar-refractivity contribution < 1.29 is 13.2 Å². The van der Waals surface area contributed by atoms with Crippen molar-refractivity contribution in [2.45, 2.75) is 25.2 Å². The van der Waals surface area contributed by atoms with Crippen LogP contribution < -0.4 is 5.73 Å². The second-order valence-electron chi connectivity index (χ2n) is 5.52. The van der Waals surface area contributed by atoms with E-state index in [4.69, 9.17) is 5.73 Å². The Kier molecular flexibility index (Phi) is 5.18. The van der Waals surface area contributed by atoms with E-state index in [2.05, 4.69) is 9.88 Å². The maximum Gasteiger partial charge on any atom is 0.401 e. The van der Waals surface area contributed by atoms with Gasteiger partial charge in [0, 0.05) is 44.6 Å². The minimum absolute atomic E-state index is 0.00765. The molecule has 0 radical (unpaired) electrons. The first-order valence-electron chi connectivity index (χ1n) is 7.05. The Bertz CT molecular complexity index is 428. The summed E-state index contributed by atoms with van der Waals surface area (Å²) in [5.74, 6) is 0. The van der Waals surface area contributed by atoms with Crippen LogP contribution in [-0.4, -0.2) is 59.7 Å². The molecule has 0 spiro atoms. The highest BCUT2D eigenvalue weighted by molar-refractivity contribution is 5.16. The van der Waals surface area contributed by atoms with E-state index in [0.717, 1.165) is 5.56 Å². The SMILES string of the molecule is CC(N)C(c1cccnc1)N1CCN(CC(F)(F)F)CC1. The molecule has 7 heteroatoms. The zero-order chi connectivity index (χ0) is 15.5. The van der Waals surface area contributed by atoms with Gasteiger partial charge in [-0.3, -0.25) is 14.8 Å². The summed E-state index contributed by atoms with van der Waals surface area (Å²) in [6.45, 7) is 3.05. The maximum atomic E-state index is 12.4. The van der Waals surface area contributed by atoms with Gasteiger partial charge in [0.25, 0.3) is 0 Å². The molecule has 1 aromatic rings. The average molecular weight is 302 g/mol. The Morgan fingerprint density at radius 3 is 2.43 bits per heavy atom. The second-order valence-corrected chi connectivity index (χ2v) is 5.52. The zero-order valence-corrected chi connectivity index (χ0v) is 12.1. The van der Waals surface area contributed by atoms with Gasteiger partial charge in [-0.05, 0) is 18.6 Å². The van der Waals surface area contributed by atoms with Crippen LogP contribution in [-0.2, 0) is 0 Å². The van der Waals surface area contributed by atoms with Crippen molar-refractivity contribution in [2.75, 3.05) is 32.7 Å². The predicted octanol–water partition coefficient (Wildman–Crippen LogP) is 1.65. The van der Waals surface area contributed by atoms with Crippen LogP contribution >= 0.6 is 0 Å². The van der Waals surface area contributed by atoms with Crippen molar-refractivity contribution in [2.24, 2.45) is 5.73 Å². The number of rotatable bonds is 4. The normalized spacial score (nSPS) is 21.2. The average Bonchev–Trinajstić information content (AvgIpc) is 2.40. The lowest BCUT2D eigenvalue weighted by Gasteiger charge is -2.41. The third-order valence-corrected chi connectivity index (χ3v) is 3.73. The number of hydrogen-bond acceptors (Lipinski definition) is 4. The number of halogens is 3. The van der Waals surface area contributed by atoms with E-state index in [-0.39, 0.29) is 12.1 Å². The monoisotopic (exact) mass is 302 g/mol. The summed E-state index contributed by atoms with van der Waals surface area (Å²) in [4.78, 5) is 7.69. The lowest BCUT2D eigenvalue weighted by molar-refractivity contribution is -0.150. The Morgan fingerprint density at radius 1 is 1.29 bits per heavy atom. The standard InChI is InChI=1S/C14H21F3N4/c1-11(18)13(12-3-2-4-19-9-12)21-7-5-20(6-8-21)10-14(15,16)17/h2-4,9,11,13H,5-8,10,18H2,1H3. The molecular weight excluding hydrogens is 281 g/mol. The summed E-state index contributed by atoms with van der Waals surface area (Å²) in [5, 5.41) is 0. The number of hydrogen-bond donors (Lipinski definition) is 1. The van der Waals surface area contributed by atoms with E-state index in [0.29, 0.717) is 26.2 Å². The molecule has 0 amide bonds. The summed E-state index contributed by atoms with van der Waals surface area (Å²) in [6, 6.07) is 3.70. The van der Waals surface area contributed by atoms with E-state index >= 15 is 0 Å². The highest BCUT2D eigenvalue weighted by Gasteiger charge is 2.34. The smallest absolute Gasteiger partial charge is 0.326 e. The van der Waals surface area contributed by atoms with E-state index < -0.39 is 12.7 Å². The number of alkyl halides is 3. The van der Waals surface area contributed by atoms with Crippen LogP contribution in [0.3, 0.4) is 0 Å². The van der Waals surface area contributed by atoms with Crippen LogP contribution in [0.25, 0.3) is 0 Å². The van der Waals surface area contributed by atoms with Gasteiger partial charge in [0.05, 0.1) is 12.6 Å². The fourth-order valence-electron chi connectivity index (χ4n) is 2.85. The predicted molar refractivity (Wildman–Crippen MR) is 74.7 cm³/mol. The third kappa shape index (κ3) is 4.66. The van der Waals surface area contributed by atoms with Crippen molar-refractivity contribution in [3.8, 4) is 0 Å². The van der Waals surface area contributed by atoms with Crippen LogP contribution in [0, 0.1) is 0 Å². The van der Waals surface area contributed by atoms with Crippen molar-refractivity contribution in [3.05, 3.63) is 30.1 Å². The fourth-order valence-corrected chi connectivity index (χ4v) is 2.85. The third-order valence-electron chi connectivity index (χ3n) is 3.73. The van der Waals surface area contributed by atoms with Gasteiger partial charge in [-0.25, -0.2) is 0 Å². The van der Waals surface area contributed by atoms with E-state index in [1.54, 1.807) is 12.4 Å². The van der Waals surface area contributed by atoms with Crippen molar-refractivity contribution in [3.63, 3.8) is 0 Å². The maximum absolute atomic E-state index is 12.4. The first-order valence-corrected chi connectivity index (χ1v) is 7.05. The van der Waals surface area contributed by atoms with Crippen LogP contribution in [0.5, 0.6) is 0 Å². The van der Waals surface area contributed by atoms with Gasteiger partial charge >= 0.3 is 6.18 Å². The number of nitrogens with zero attached hydrogens (tertiary/aromatic N) is 3. The van der Waals surface area contributed by atoms with E-state index in [1.807, 2.05) is 19.1 Å². The van der Waals surface area contributed by atoms with Gasteiger partial charge in [0.1, 0.15) is 0 Å². The minimum Gasteiger partial charge on any atom is -0.326 e. The summed E-state index contributed by atoms with van der Waals surface area (Å²) >= 11 is 0. The molecule has 2 N–H and O–H groups in total. The van der Waals surface area contributed by atoms with Crippen LogP contribution in [0.1, 0.15) is 18.5 Å². The highest BCUT2D eigenvalue weighted by atomic mass is 19.4. The summed E-state index contributed by atoms with van der Waals surface area (Å²) < 4.78 is 37.2. The first kappa shape index (κ1) is 16.2. The Balaban J connectivity index is 1.99. The van der Waals surface area contributed by atoms with Crippen molar-refractivity contribution in [1.82, 2.24) is 14.8 Å². The van der Waals surface area contributed by atoms with E-state index in [9.17, 15) is 13.2 Å². The molecule has 0 bridgehead atoms. The Labute approximate surface area is 122 Å². The van der Waals surface area contributed by atoms with Gasteiger partial charge in [-0.15, -0.1) is 0 Å². The molecular formula is C14H21F3N4. The zero-order valence-electron chi connectivity index (χ0n) is 12.1. The second kappa shape index (κ2) is 6.72. The minimum atomic E-state index is -4.13. The molecule has 21 heavy (non-hydrogen) atoms. The Morgan fingerprint density at radius 2 is 1.95 bits per heavy atom. The molecule has 1 aliphatic heterocycles.